The maximum Gasteiger partial charge on any atom is 0.109 e. The Morgan fingerprint density at radius 2 is 2.00 bits per heavy atom. The molecule has 1 aliphatic heterocycles. The molecular formula is C23H43N3O. The molecular weight excluding hydrogens is 334 g/mol. The lowest BCUT2D eigenvalue weighted by Gasteiger charge is -2.24. The lowest BCUT2D eigenvalue weighted by Crippen LogP contribution is -2.33. The molecule has 0 aromatic heterocycles. The van der Waals surface area contributed by atoms with Gasteiger partial charge in [-0.05, 0) is 57.5 Å². The molecule has 4 heteroatoms. The molecule has 1 fully saturated rings. The third-order valence-electron chi connectivity index (χ3n) is 4.49. The van der Waals surface area contributed by atoms with E-state index < -0.39 is 0 Å². The van der Waals surface area contributed by atoms with Crippen LogP contribution in [0, 0.1) is 0 Å². The van der Waals surface area contributed by atoms with Gasteiger partial charge in [0.1, 0.15) is 6.61 Å². The fourth-order valence-electron chi connectivity index (χ4n) is 2.56. The zero-order valence-electron chi connectivity index (χ0n) is 18.4. The summed E-state index contributed by atoms with van der Waals surface area (Å²) >= 11 is 0. The van der Waals surface area contributed by atoms with Gasteiger partial charge in [0.05, 0.1) is 5.76 Å². The Labute approximate surface area is 168 Å². The minimum atomic E-state index is 0.587. The number of hydrogen-bond acceptors (Lipinski definition) is 4. The van der Waals surface area contributed by atoms with Crippen LogP contribution in [0.1, 0.15) is 66.2 Å². The molecule has 0 bridgehead atoms. The Morgan fingerprint density at radius 3 is 2.56 bits per heavy atom. The van der Waals surface area contributed by atoms with Crippen LogP contribution in [0.2, 0.25) is 0 Å². The summed E-state index contributed by atoms with van der Waals surface area (Å²) in [6.07, 6.45) is 14.3. The van der Waals surface area contributed by atoms with Crippen LogP contribution in [0.25, 0.3) is 0 Å². The summed E-state index contributed by atoms with van der Waals surface area (Å²) in [5.41, 5.74) is 7.79. The summed E-state index contributed by atoms with van der Waals surface area (Å²) in [5, 5.41) is 3.41. The maximum atomic E-state index is 5.82. The van der Waals surface area contributed by atoms with Crippen LogP contribution in [-0.4, -0.2) is 37.7 Å². The molecule has 1 rings (SSSR count). The van der Waals surface area contributed by atoms with Gasteiger partial charge in [0.15, 0.2) is 0 Å². The van der Waals surface area contributed by atoms with E-state index in [1.807, 2.05) is 6.08 Å². The Kier molecular flexibility index (Phi) is 15.5. The lowest BCUT2D eigenvalue weighted by atomic mass is 10.1. The van der Waals surface area contributed by atoms with Crippen molar-refractivity contribution < 1.29 is 4.74 Å². The first kappa shape index (κ1) is 25.3. The van der Waals surface area contributed by atoms with Crippen LogP contribution in [0.4, 0.5) is 0 Å². The molecule has 0 aromatic rings. The van der Waals surface area contributed by atoms with Crippen molar-refractivity contribution in [1.82, 2.24) is 10.2 Å². The summed E-state index contributed by atoms with van der Waals surface area (Å²) in [5.74, 6) is 1.12. The van der Waals surface area contributed by atoms with Gasteiger partial charge in [0.2, 0.25) is 0 Å². The minimum Gasteiger partial charge on any atom is -0.494 e. The van der Waals surface area contributed by atoms with Crippen LogP contribution < -0.4 is 11.1 Å². The van der Waals surface area contributed by atoms with E-state index in [1.165, 1.54) is 12.0 Å². The first-order valence-corrected chi connectivity index (χ1v) is 10.5. The molecule has 1 atom stereocenters. The van der Waals surface area contributed by atoms with E-state index in [9.17, 15) is 0 Å². The van der Waals surface area contributed by atoms with Crippen LogP contribution in [0.5, 0.6) is 0 Å². The molecule has 0 amide bonds. The summed E-state index contributed by atoms with van der Waals surface area (Å²) in [6.45, 7) is 15.3. The molecule has 27 heavy (non-hydrogen) atoms. The van der Waals surface area contributed by atoms with Gasteiger partial charge in [-0.15, -0.1) is 0 Å². The van der Waals surface area contributed by atoms with Crippen LogP contribution >= 0.6 is 0 Å². The number of allylic oxidation sites excluding steroid dienone is 3. The van der Waals surface area contributed by atoms with E-state index in [1.54, 1.807) is 6.20 Å². The fourth-order valence-corrected chi connectivity index (χ4v) is 2.56. The minimum absolute atomic E-state index is 0.587. The van der Waals surface area contributed by atoms with Crippen molar-refractivity contribution in [2.45, 2.75) is 72.3 Å². The van der Waals surface area contributed by atoms with E-state index in [0.717, 1.165) is 56.6 Å². The smallest absolute Gasteiger partial charge is 0.109 e. The Bertz CT molecular complexity index is 468. The molecule has 0 saturated carbocycles. The first-order chi connectivity index (χ1) is 13.0. The van der Waals surface area contributed by atoms with E-state index in [4.69, 9.17) is 10.5 Å². The summed E-state index contributed by atoms with van der Waals surface area (Å²) < 4.78 is 5.82. The van der Waals surface area contributed by atoms with Gasteiger partial charge in [0, 0.05) is 31.2 Å². The zero-order chi connectivity index (χ0) is 20.5. The molecule has 4 nitrogen and oxygen atoms in total. The van der Waals surface area contributed by atoms with Gasteiger partial charge in [0.25, 0.3) is 0 Å². The lowest BCUT2D eigenvalue weighted by molar-refractivity contribution is 0.202. The van der Waals surface area contributed by atoms with E-state index in [2.05, 4.69) is 63.7 Å². The number of rotatable bonds is 10. The standard InChI is InChI=1S/C20H35N3O.C3H8/c1-5-18(3)23(4)15-17(2)22-14-8-10-20-12-11-19(16-24-20)9-6-7-13-21;1-3-2/h7,9-10,13,18,22H,2,5-6,8,11-12,14-16,21H2,1,3-4H3;3H2,1-2H3/b13-7+,19-9+,20-10+;/t18-;/m0./s1. The normalized spacial score (nSPS) is 18.3. The zero-order valence-corrected chi connectivity index (χ0v) is 18.4. The largest absolute Gasteiger partial charge is 0.494 e. The number of ether oxygens (including phenoxy) is 1. The second-order valence-electron chi connectivity index (χ2n) is 7.18. The van der Waals surface area contributed by atoms with E-state index in [-0.39, 0.29) is 0 Å². The molecule has 1 aliphatic rings. The monoisotopic (exact) mass is 377 g/mol. The van der Waals surface area contributed by atoms with Gasteiger partial charge < -0.3 is 15.8 Å². The van der Waals surface area contributed by atoms with Gasteiger partial charge in [-0.2, -0.15) is 0 Å². The van der Waals surface area contributed by atoms with Gasteiger partial charge in [-0.3, -0.25) is 4.90 Å². The highest BCUT2D eigenvalue weighted by Crippen LogP contribution is 2.21. The van der Waals surface area contributed by atoms with Gasteiger partial charge in [-0.25, -0.2) is 0 Å². The SMILES string of the molecule is C=C(CN(C)[C@@H](C)CC)NCC/C=C1\CC/C(=C\C/C=C/N)CO1.CCC. The summed E-state index contributed by atoms with van der Waals surface area (Å²) in [4.78, 5) is 2.33. The number of nitrogens with zero attached hydrogens (tertiary/aromatic N) is 1. The van der Waals surface area contributed by atoms with Crippen molar-refractivity contribution in [3.05, 3.63) is 48.0 Å². The average molecular weight is 378 g/mol. The summed E-state index contributed by atoms with van der Waals surface area (Å²) in [6, 6.07) is 0.587. The van der Waals surface area contributed by atoms with Gasteiger partial charge >= 0.3 is 0 Å². The third kappa shape index (κ3) is 13.2. The number of hydrogen-bond donors (Lipinski definition) is 2. The average Bonchev–Trinajstić information content (AvgIpc) is 2.66. The molecule has 3 N–H and O–H groups in total. The third-order valence-corrected chi connectivity index (χ3v) is 4.49. The Morgan fingerprint density at radius 1 is 1.30 bits per heavy atom. The van der Waals surface area contributed by atoms with Crippen molar-refractivity contribution in [3.63, 3.8) is 0 Å². The molecule has 156 valence electrons. The highest BCUT2D eigenvalue weighted by molar-refractivity contribution is 5.12. The first-order valence-electron chi connectivity index (χ1n) is 10.5. The molecule has 0 aromatic carbocycles. The van der Waals surface area contributed by atoms with Crippen LogP contribution in [-0.2, 0) is 4.74 Å². The highest BCUT2D eigenvalue weighted by Gasteiger charge is 2.10. The second-order valence-corrected chi connectivity index (χ2v) is 7.18. The molecule has 1 heterocycles. The van der Waals surface area contributed by atoms with Crippen LogP contribution in [0.3, 0.4) is 0 Å². The number of nitrogens with one attached hydrogen (secondary N) is 1. The molecule has 1 saturated heterocycles. The second kappa shape index (κ2) is 16.5. The van der Waals surface area contributed by atoms with E-state index in [0.29, 0.717) is 12.6 Å². The molecule has 0 radical (unpaired) electrons. The van der Waals surface area contributed by atoms with Gasteiger partial charge in [-0.1, -0.05) is 45.9 Å². The maximum absolute atomic E-state index is 5.82. The molecule has 0 unspecified atom stereocenters. The molecule has 0 spiro atoms. The number of likely N-dealkylation sites (N-methyl/N-ethyl adjacent to an activating group) is 1. The predicted molar refractivity (Wildman–Crippen MR) is 119 cm³/mol. The fraction of sp³-hybridized carbons (Fsp3) is 0.652. The predicted octanol–water partition coefficient (Wildman–Crippen LogP) is 5.11. The van der Waals surface area contributed by atoms with Crippen molar-refractivity contribution >= 4 is 0 Å². The highest BCUT2D eigenvalue weighted by atomic mass is 16.5. The summed E-state index contributed by atoms with van der Waals surface area (Å²) in [7, 11) is 2.15. The quantitative estimate of drug-likeness (QED) is 0.410. The van der Waals surface area contributed by atoms with Crippen molar-refractivity contribution in [2.24, 2.45) is 5.73 Å². The van der Waals surface area contributed by atoms with Crippen LogP contribution in [0.15, 0.2) is 48.0 Å². The van der Waals surface area contributed by atoms with Crippen molar-refractivity contribution in [2.75, 3.05) is 26.7 Å². The van der Waals surface area contributed by atoms with Crippen molar-refractivity contribution in [3.8, 4) is 0 Å². The number of nitrogens with two attached hydrogens (primary N) is 1. The Hall–Kier alpha value is -1.68. The van der Waals surface area contributed by atoms with Crippen molar-refractivity contribution in [1.29, 1.82) is 0 Å². The van der Waals surface area contributed by atoms with E-state index >= 15 is 0 Å². The molecule has 0 aliphatic carbocycles. The Balaban J connectivity index is 0.00000210. The topological polar surface area (TPSA) is 50.5 Å².